The summed E-state index contributed by atoms with van der Waals surface area (Å²) in [4.78, 5) is 0. The van der Waals surface area contributed by atoms with Crippen molar-refractivity contribution in [1.29, 1.82) is 0 Å². The molecule has 1 N–H and O–H groups in total. The highest BCUT2D eigenvalue weighted by Crippen LogP contribution is 2.29. The summed E-state index contributed by atoms with van der Waals surface area (Å²) in [5.74, 6) is 0. The fraction of sp³-hybridized carbons (Fsp3) is 0.500. The minimum absolute atomic E-state index is 0.471. The van der Waals surface area contributed by atoms with Gasteiger partial charge in [0.05, 0.1) is 5.56 Å². The number of alkyl halides is 3. The maximum Gasteiger partial charge on any atom is 0.416 e. The fourth-order valence-electron chi connectivity index (χ4n) is 1.90. The Morgan fingerprint density at radius 1 is 1.20 bits per heavy atom. The molecule has 0 saturated carbocycles. The molecule has 1 nitrogen and oxygen atoms in total. The van der Waals surface area contributed by atoms with Crippen LogP contribution >= 0.6 is 0 Å². The number of rotatable bonds is 6. The lowest BCUT2D eigenvalue weighted by molar-refractivity contribution is -0.137. The van der Waals surface area contributed by atoms with Crippen LogP contribution in [-0.4, -0.2) is 12.6 Å². The Morgan fingerprint density at radius 3 is 2.30 bits per heavy atom. The van der Waals surface area contributed by atoms with Gasteiger partial charge < -0.3 is 5.32 Å². The number of hydrogen-bond donors (Lipinski definition) is 1. The van der Waals surface area contributed by atoms with Crippen molar-refractivity contribution in [3.8, 4) is 0 Å². The highest BCUT2D eigenvalue weighted by molar-refractivity contribution is 5.27. The molecule has 0 aliphatic rings. The first-order chi connectivity index (χ1) is 9.29. The zero-order chi connectivity index (χ0) is 15.2. The summed E-state index contributed by atoms with van der Waals surface area (Å²) in [6.07, 6.45) is -0.497. The predicted octanol–water partition coefficient (Wildman–Crippen LogP) is 4.58. The van der Waals surface area contributed by atoms with Gasteiger partial charge in [0.25, 0.3) is 0 Å². The summed E-state index contributed by atoms with van der Waals surface area (Å²) < 4.78 is 37.3. The maximum atomic E-state index is 12.4. The normalized spacial score (nSPS) is 13.1. The third-order valence-corrected chi connectivity index (χ3v) is 2.95. The van der Waals surface area contributed by atoms with Gasteiger partial charge in [-0.25, -0.2) is 0 Å². The van der Waals surface area contributed by atoms with E-state index < -0.39 is 11.7 Å². The Bertz CT molecular complexity index is 430. The van der Waals surface area contributed by atoms with Gasteiger partial charge in [0, 0.05) is 6.04 Å². The van der Waals surface area contributed by atoms with Crippen molar-refractivity contribution in [3.63, 3.8) is 0 Å². The molecule has 0 fully saturated rings. The van der Waals surface area contributed by atoms with Crippen molar-refractivity contribution in [2.45, 2.75) is 45.8 Å². The van der Waals surface area contributed by atoms with Gasteiger partial charge in [-0.15, -0.1) is 0 Å². The average molecular weight is 285 g/mol. The third kappa shape index (κ3) is 6.24. The van der Waals surface area contributed by atoms with Crippen LogP contribution in [0.4, 0.5) is 13.2 Å². The molecule has 0 amide bonds. The molecule has 0 aliphatic carbocycles. The minimum Gasteiger partial charge on any atom is -0.314 e. The highest BCUT2D eigenvalue weighted by Gasteiger charge is 2.29. The van der Waals surface area contributed by atoms with Gasteiger partial charge >= 0.3 is 6.18 Å². The lowest BCUT2D eigenvalue weighted by Crippen LogP contribution is -2.23. The molecule has 20 heavy (non-hydrogen) atoms. The van der Waals surface area contributed by atoms with E-state index in [1.807, 2.05) is 6.92 Å². The fourth-order valence-corrected chi connectivity index (χ4v) is 1.90. The van der Waals surface area contributed by atoms with Gasteiger partial charge in [-0.1, -0.05) is 37.6 Å². The standard InChI is InChI=1S/C16H22F3N/c1-12(2)20-10-4-5-13(3)11-14-6-8-15(9-7-14)16(17,18)19/h5-9,12,20H,4,10-11H2,1-3H3. The number of halogens is 3. The van der Waals surface area contributed by atoms with E-state index in [4.69, 9.17) is 0 Å². The summed E-state index contributed by atoms with van der Waals surface area (Å²) in [6.45, 7) is 7.12. The molecule has 1 aromatic rings. The first-order valence-corrected chi connectivity index (χ1v) is 6.84. The maximum absolute atomic E-state index is 12.4. The quantitative estimate of drug-likeness (QED) is 0.596. The van der Waals surface area contributed by atoms with E-state index in [9.17, 15) is 13.2 Å². The molecule has 0 aromatic heterocycles. The molecule has 1 rings (SSSR count). The monoisotopic (exact) mass is 285 g/mol. The van der Waals surface area contributed by atoms with Crippen LogP contribution in [-0.2, 0) is 12.6 Å². The molecule has 4 heteroatoms. The number of nitrogens with one attached hydrogen (secondary N) is 1. The lowest BCUT2D eigenvalue weighted by atomic mass is 10.0. The largest absolute Gasteiger partial charge is 0.416 e. The second-order valence-electron chi connectivity index (χ2n) is 5.32. The molecule has 1 aromatic carbocycles. The van der Waals surface area contributed by atoms with Gasteiger partial charge in [0.15, 0.2) is 0 Å². The van der Waals surface area contributed by atoms with E-state index >= 15 is 0 Å². The molecule has 0 bridgehead atoms. The summed E-state index contributed by atoms with van der Waals surface area (Å²) in [7, 11) is 0. The molecule has 0 aliphatic heterocycles. The SMILES string of the molecule is CC(=CCCNC(C)C)Cc1ccc(C(F)(F)F)cc1. The Labute approximate surface area is 118 Å². The molecule has 0 unspecified atom stereocenters. The van der Waals surface area contributed by atoms with Gasteiger partial charge in [0.2, 0.25) is 0 Å². The first kappa shape index (κ1) is 16.8. The minimum atomic E-state index is -4.26. The second kappa shape index (κ2) is 7.48. The van der Waals surface area contributed by atoms with E-state index in [1.165, 1.54) is 5.57 Å². The summed E-state index contributed by atoms with van der Waals surface area (Å²) in [5, 5.41) is 3.32. The first-order valence-electron chi connectivity index (χ1n) is 6.84. The summed E-state index contributed by atoms with van der Waals surface area (Å²) in [6, 6.07) is 5.85. The molecule has 0 spiro atoms. The zero-order valence-corrected chi connectivity index (χ0v) is 12.2. The Kier molecular flexibility index (Phi) is 6.27. The van der Waals surface area contributed by atoms with E-state index in [1.54, 1.807) is 12.1 Å². The Balaban J connectivity index is 2.49. The van der Waals surface area contributed by atoms with Crippen molar-refractivity contribution in [2.75, 3.05) is 6.54 Å². The topological polar surface area (TPSA) is 12.0 Å². The zero-order valence-electron chi connectivity index (χ0n) is 12.2. The summed E-state index contributed by atoms with van der Waals surface area (Å²) >= 11 is 0. The van der Waals surface area contributed by atoms with Crippen LogP contribution in [0.2, 0.25) is 0 Å². The highest BCUT2D eigenvalue weighted by atomic mass is 19.4. The molecular weight excluding hydrogens is 263 g/mol. The van der Waals surface area contributed by atoms with E-state index in [0.717, 1.165) is 30.7 Å². The predicted molar refractivity (Wildman–Crippen MR) is 76.7 cm³/mol. The molecule has 112 valence electrons. The number of benzene rings is 1. The van der Waals surface area contributed by atoms with Crippen molar-refractivity contribution in [2.24, 2.45) is 0 Å². The van der Waals surface area contributed by atoms with E-state index in [-0.39, 0.29) is 0 Å². The second-order valence-corrected chi connectivity index (χ2v) is 5.32. The van der Waals surface area contributed by atoms with Crippen LogP contribution in [0, 0.1) is 0 Å². The Morgan fingerprint density at radius 2 is 1.80 bits per heavy atom. The lowest BCUT2D eigenvalue weighted by Gasteiger charge is -2.08. The van der Waals surface area contributed by atoms with E-state index in [2.05, 4.69) is 25.2 Å². The van der Waals surface area contributed by atoms with Crippen LogP contribution in [0.25, 0.3) is 0 Å². The van der Waals surface area contributed by atoms with Crippen LogP contribution in [0.1, 0.15) is 38.3 Å². The Hall–Kier alpha value is -1.29. The van der Waals surface area contributed by atoms with Crippen molar-refractivity contribution in [3.05, 3.63) is 47.0 Å². The van der Waals surface area contributed by atoms with Gasteiger partial charge in [-0.2, -0.15) is 13.2 Å². The molecule has 0 heterocycles. The van der Waals surface area contributed by atoms with E-state index in [0.29, 0.717) is 12.5 Å². The van der Waals surface area contributed by atoms with Gasteiger partial charge in [0.1, 0.15) is 0 Å². The van der Waals surface area contributed by atoms with Crippen LogP contribution < -0.4 is 5.32 Å². The van der Waals surface area contributed by atoms with Crippen molar-refractivity contribution >= 4 is 0 Å². The molecule has 0 atom stereocenters. The van der Waals surface area contributed by atoms with Crippen molar-refractivity contribution in [1.82, 2.24) is 5.32 Å². The van der Waals surface area contributed by atoms with Crippen molar-refractivity contribution < 1.29 is 13.2 Å². The third-order valence-electron chi connectivity index (χ3n) is 2.95. The average Bonchev–Trinajstić information content (AvgIpc) is 2.34. The summed E-state index contributed by atoms with van der Waals surface area (Å²) in [5.41, 5.74) is 1.49. The van der Waals surface area contributed by atoms with Gasteiger partial charge in [-0.05, 0) is 44.0 Å². The molecular formula is C16H22F3N. The van der Waals surface area contributed by atoms with Crippen LogP contribution in [0.3, 0.4) is 0 Å². The smallest absolute Gasteiger partial charge is 0.314 e. The number of allylic oxidation sites excluding steroid dienone is 1. The number of hydrogen-bond acceptors (Lipinski definition) is 1. The van der Waals surface area contributed by atoms with Gasteiger partial charge in [-0.3, -0.25) is 0 Å². The van der Waals surface area contributed by atoms with Crippen LogP contribution in [0.5, 0.6) is 0 Å². The van der Waals surface area contributed by atoms with Crippen LogP contribution in [0.15, 0.2) is 35.9 Å². The molecule has 0 saturated heterocycles. The molecule has 0 radical (unpaired) electrons.